The zero-order valence-corrected chi connectivity index (χ0v) is 6.16. The van der Waals surface area contributed by atoms with Gasteiger partial charge in [0, 0.05) is 6.61 Å². The molecule has 1 aliphatic heterocycles. The standard InChI is InChI=1S/C6H13NO4/c8-6(9,10)5-4-11-3-1-2-7-5/h5,7-10H,1-4H2. The lowest BCUT2D eigenvalue weighted by molar-refractivity contribution is -0.330. The molecule has 1 aliphatic rings. The molecule has 0 amide bonds. The van der Waals surface area contributed by atoms with E-state index in [0.29, 0.717) is 13.2 Å². The zero-order chi connectivity index (χ0) is 8.32. The molecule has 1 saturated heterocycles. The van der Waals surface area contributed by atoms with Crippen LogP contribution in [0.25, 0.3) is 0 Å². The maximum atomic E-state index is 8.74. The van der Waals surface area contributed by atoms with Crippen LogP contribution in [0.3, 0.4) is 0 Å². The first-order chi connectivity index (χ1) is 5.11. The lowest BCUT2D eigenvalue weighted by atomic mass is 10.2. The van der Waals surface area contributed by atoms with Gasteiger partial charge in [0.25, 0.3) is 5.97 Å². The summed E-state index contributed by atoms with van der Waals surface area (Å²) in [7, 11) is 0. The van der Waals surface area contributed by atoms with Crippen molar-refractivity contribution in [2.24, 2.45) is 0 Å². The molecule has 1 rings (SSSR count). The maximum Gasteiger partial charge on any atom is 0.294 e. The van der Waals surface area contributed by atoms with Gasteiger partial charge in [-0.15, -0.1) is 0 Å². The molecule has 1 unspecified atom stereocenters. The monoisotopic (exact) mass is 163 g/mol. The quantitative estimate of drug-likeness (QED) is 0.336. The minimum atomic E-state index is -2.68. The Kier molecular flexibility index (Phi) is 2.80. The normalized spacial score (nSPS) is 28.1. The molecule has 0 saturated carbocycles. The summed E-state index contributed by atoms with van der Waals surface area (Å²) in [5.41, 5.74) is 0. The van der Waals surface area contributed by atoms with E-state index in [0.717, 1.165) is 6.42 Å². The largest absolute Gasteiger partial charge is 0.379 e. The molecule has 1 fully saturated rings. The van der Waals surface area contributed by atoms with Crippen molar-refractivity contribution in [3.8, 4) is 0 Å². The average molecular weight is 163 g/mol. The van der Waals surface area contributed by atoms with Crippen molar-refractivity contribution < 1.29 is 20.1 Å². The third-order valence-corrected chi connectivity index (χ3v) is 1.61. The Balaban J connectivity index is 2.43. The van der Waals surface area contributed by atoms with Crippen LogP contribution in [-0.2, 0) is 4.74 Å². The second-order valence-corrected chi connectivity index (χ2v) is 2.62. The molecule has 0 radical (unpaired) electrons. The summed E-state index contributed by atoms with van der Waals surface area (Å²) in [5, 5.41) is 29.0. The number of hydrogen-bond acceptors (Lipinski definition) is 5. The fraction of sp³-hybridized carbons (Fsp3) is 1.00. The molecule has 0 aliphatic carbocycles. The fourth-order valence-electron chi connectivity index (χ4n) is 0.959. The van der Waals surface area contributed by atoms with Gasteiger partial charge in [-0.25, -0.2) is 0 Å². The van der Waals surface area contributed by atoms with Gasteiger partial charge in [0.05, 0.1) is 6.61 Å². The van der Waals surface area contributed by atoms with E-state index in [1.165, 1.54) is 0 Å². The SMILES string of the molecule is OC(O)(O)C1COCCCN1. The summed E-state index contributed by atoms with van der Waals surface area (Å²) in [6, 6.07) is -0.815. The minimum Gasteiger partial charge on any atom is -0.379 e. The van der Waals surface area contributed by atoms with Gasteiger partial charge in [-0.3, -0.25) is 0 Å². The van der Waals surface area contributed by atoms with Crippen LogP contribution in [0.15, 0.2) is 0 Å². The molecule has 0 spiro atoms. The van der Waals surface area contributed by atoms with Gasteiger partial charge >= 0.3 is 0 Å². The average Bonchev–Trinajstić information content (AvgIpc) is 2.10. The van der Waals surface area contributed by atoms with Gasteiger partial charge in [-0.05, 0) is 13.0 Å². The van der Waals surface area contributed by atoms with Gasteiger partial charge in [0.1, 0.15) is 6.04 Å². The highest BCUT2D eigenvalue weighted by Gasteiger charge is 2.32. The van der Waals surface area contributed by atoms with Crippen LogP contribution < -0.4 is 5.32 Å². The Morgan fingerprint density at radius 3 is 2.73 bits per heavy atom. The smallest absolute Gasteiger partial charge is 0.294 e. The highest BCUT2D eigenvalue weighted by atomic mass is 16.7. The number of hydrogen-bond donors (Lipinski definition) is 4. The minimum absolute atomic E-state index is 0.115. The van der Waals surface area contributed by atoms with Crippen LogP contribution in [0.4, 0.5) is 0 Å². The molecule has 4 N–H and O–H groups in total. The van der Waals surface area contributed by atoms with Crippen LogP contribution in [0, 0.1) is 0 Å². The molecule has 1 atom stereocenters. The van der Waals surface area contributed by atoms with Gasteiger partial charge in [-0.1, -0.05) is 0 Å². The Hall–Kier alpha value is -0.200. The lowest BCUT2D eigenvalue weighted by Crippen LogP contribution is -2.52. The molecule has 1 heterocycles. The topological polar surface area (TPSA) is 82.0 Å². The van der Waals surface area contributed by atoms with Gasteiger partial charge < -0.3 is 25.4 Å². The summed E-state index contributed by atoms with van der Waals surface area (Å²) in [6.07, 6.45) is 0.812. The van der Waals surface area contributed by atoms with E-state index in [4.69, 9.17) is 20.1 Å². The van der Waals surface area contributed by atoms with E-state index in [1.807, 2.05) is 0 Å². The molecule has 5 heteroatoms. The van der Waals surface area contributed by atoms with E-state index in [9.17, 15) is 0 Å². The third-order valence-electron chi connectivity index (χ3n) is 1.61. The Morgan fingerprint density at radius 1 is 1.36 bits per heavy atom. The van der Waals surface area contributed by atoms with E-state index in [1.54, 1.807) is 0 Å². The van der Waals surface area contributed by atoms with E-state index >= 15 is 0 Å². The molecule has 5 nitrogen and oxygen atoms in total. The molecule has 11 heavy (non-hydrogen) atoms. The summed E-state index contributed by atoms with van der Waals surface area (Å²) in [6.45, 7) is 1.32. The molecule has 0 bridgehead atoms. The van der Waals surface area contributed by atoms with Crippen molar-refractivity contribution in [1.29, 1.82) is 0 Å². The summed E-state index contributed by atoms with van der Waals surface area (Å²) in [5.74, 6) is -2.68. The first-order valence-electron chi connectivity index (χ1n) is 3.59. The number of nitrogens with one attached hydrogen (secondary N) is 1. The Labute approximate surface area is 64.6 Å². The van der Waals surface area contributed by atoms with Crippen molar-refractivity contribution >= 4 is 0 Å². The van der Waals surface area contributed by atoms with E-state index in [-0.39, 0.29) is 6.61 Å². The number of aliphatic hydroxyl groups is 3. The van der Waals surface area contributed by atoms with Gasteiger partial charge in [0.15, 0.2) is 0 Å². The fourth-order valence-corrected chi connectivity index (χ4v) is 0.959. The van der Waals surface area contributed by atoms with Crippen molar-refractivity contribution in [1.82, 2.24) is 5.32 Å². The number of ether oxygens (including phenoxy) is 1. The lowest BCUT2D eigenvalue weighted by Gasteiger charge is -2.24. The highest BCUT2D eigenvalue weighted by molar-refractivity contribution is 4.74. The summed E-state index contributed by atoms with van der Waals surface area (Å²) >= 11 is 0. The van der Waals surface area contributed by atoms with Crippen LogP contribution in [-0.4, -0.2) is 47.1 Å². The predicted molar refractivity (Wildman–Crippen MR) is 36.6 cm³/mol. The zero-order valence-electron chi connectivity index (χ0n) is 6.16. The second kappa shape index (κ2) is 3.46. The van der Waals surface area contributed by atoms with Crippen LogP contribution in [0.1, 0.15) is 6.42 Å². The van der Waals surface area contributed by atoms with E-state index in [2.05, 4.69) is 5.32 Å². The van der Waals surface area contributed by atoms with Crippen LogP contribution >= 0.6 is 0 Å². The number of rotatable bonds is 1. The molecule has 0 aromatic rings. The molecular formula is C6H13NO4. The van der Waals surface area contributed by atoms with Gasteiger partial charge in [0.2, 0.25) is 0 Å². The van der Waals surface area contributed by atoms with Crippen molar-refractivity contribution in [2.45, 2.75) is 18.4 Å². The highest BCUT2D eigenvalue weighted by Crippen LogP contribution is 2.05. The van der Waals surface area contributed by atoms with Crippen LogP contribution in [0.2, 0.25) is 0 Å². The summed E-state index contributed by atoms with van der Waals surface area (Å²) < 4.78 is 4.99. The van der Waals surface area contributed by atoms with Crippen molar-refractivity contribution in [3.05, 3.63) is 0 Å². The second-order valence-electron chi connectivity index (χ2n) is 2.62. The third kappa shape index (κ3) is 2.72. The van der Waals surface area contributed by atoms with Crippen LogP contribution in [0.5, 0.6) is 0 Å². The first kappa shape index (κ1) is 8.89. The summed E-state index contributed by atoms with van der Waals surface area (Å²) in [4.78, 5) is 0. The van der Waals surface area contributed by atoms with E-state index < -0.39 is 12.0 Å². The molecule has 66 valence electrons. The molecule has 0 aromatic heterocycles. The molecular weight excluding hydrogens is 150 g/mol. The van der Waals surface area contributed by atoms with Gasteiger partial charge in [-0.2, -0.15) is 0 Å². The maximum absolute atomic E-state index is 8.74. The van der Waals surface area contributed by atoms with Crippen molar-refractivity contribution in [2.75, 3.05) is 19.8 Å². The predicted octanol–water partition coefficient (Wildman–Crippen LogP) is -2.00. The first-order valence-corrected chi connectivity index (χ1v) is 3.59. The Bertz CT molecular complexity index is 114. The molecule has 0 aromatic carbocycles. The Morgan fingerprint density at radius 2 is 2.09 bits per heavy atom. The van der Waals surface area contributed by atoms with Crippen molar-refractivity contribution in [3.63, 3.8) is 0 Å².